The Kier molecular flexibility index (Phi) is 6.36. The summed E-state index contributed by atoms with van der Waals surface area (Å²) < 4.78 is 18.6. The third-order valence-corrected chi connectivity index (χ3v) is 4.58. The predicted molar refractivity (Wildman–Crippen MR) is 123 cm³/mol. The van der Waals surface area contributed by atoms with Crippen LogP contribution in [0.15, 0.2) is 85.1 Å². The minimum atomic E-state index is -0.316. The minimum Gasteiger partial charge on any atom is -0.494 e. The molecular formula is C25H21FN4O2. The highest BCUT2D eigenvalue weighted by Crippen LogP contribution is 2.21. The standard InChI is InChI=1S/C25H21FN4O2/c1-2-32-22-12-10-20(11-13-22)29-25(31)18-4-3-5-21(16-18)28-23-14-15-27-24(30-23)17-6-8-19(26)9-7-17/h3-16H,2H2,1H3,(H,29,31)(H,27,28,30). The third-order valence-electron chi connectivity index (χ3n) is 4.58. The first-order valence-electron chi connectivity index (χ1n) is 10.1. The molecule has 0 unspecified atom stereocenters. The Balaban J connectivity index is 1.46. The molecule has 0 radical (unpaired) electrons. The molecule has 0 saturated carbocycles. The number of nitrogens with one attached hydrogen (secondary N) is 2. The number of hydrogen-bond acceptors (Lipinski definition) is 5. The van der Waals surface area contributed by atoms with Crippen LogP contribution in [-0.2, 0) is 0 Å². The number of rotatable bonds is 7. The maximum Gasteiger partial charge on any atom is 0.255 e. The molecule has 1 aromatic heterocycles. The summed E-state index contributed by atoms with van der Waals surface area (Å²) >= 11 is 0. The van der Waals surface area contributed by atoms with Gasteiger partial charge in [0.1, 0.15) is 17.4 Å². The van der Waals surface area contributed by atoms with Crippen LogP contribution in [0.4, 0.5) is 21.6 Å². The highest BCUT2D eigenvalue weighted by Gasteiger charge is 2.09. The van der Waals surface area contributed by atoms with Crippen LogP contribution in [0.3, 0.4) is 0 Å². The summed E-state index contributed by atoms with van der Waals surface area (Å²) in [5.41, 5.74) is 2.58. The van der Waals surface area contributed by atoms with Crippen molar-refractivity contribution in [3.8, 4) is 17.1 Å². The Hall–Kier alpha value is -4.26. The van der Waals surface area contributed by atoms with Gasteiger partial charge in [-0.25, -0.2) is 14.4 Å². The van der Waals surface area contributed by atoms with Gasteiger partial charge in [-0.15, -0.1) is 0 Å². The van der Waals surface area contributed by atoms with Crippen LogP contribution in [0.1, 0.15) is 17.3 Å². The number of carbonyl (C=O) groups excluding carboxylic acids is 1. The summed E-state index contributed by atoms with van der Waals surface area (Å²) in [7, 11) is 0. The molecule has 6 nitrogen and oxygen atoms in total. The molecular weight excluding hydrogens is 407 g/mol. The molecule has 0 aliphatic rings. The van der Waals surface area contributed by atoms with Gasteiger partial charge < -0.3 is 15.4 Å². The fraction of sp³-hybridized carbons (Fsp3) is 0.0800. The molecule has 4 aromatic rings. The lowest BCUT2D eigenvalue weighted by Crippen LogP contribution is -2.12. The molecule has 0 aliphatic carbocycles. The van der Waals surface area contributed by atoms with Crippen molar-refractivity contribution in [3.63, 3.8) is 0 Å². The number of benzene rings is 3. The number of aromatic nitrogens is 2. The van der Waals surface area contributed by atoms with Crippen molar-refractivity contribution in [1.82, 2.24) is 9.97 Å². The van der Waals surface area contributed by atoms with Crippen LogP contribution < -0.4 is 15.4 Å². The van der Waals surface area contributed by atoms with E-state index in [0.717, 1.165) is 5.75 Å². The molecule has 32 heavy (non-hydrogen) atoms. The molecule has 1 heterocycles. The van der Waals surface area contributed by atoms with Gasteiger partial charge in [-0.1, -0.05) is 6.07 Å². The van der Waals surface area contributed by atoms with Gasteiger partial charge >= 0.3 is 0 Å². The molecule has 4 rings (SSSR count). The number of anilines is 3. The van der Waals surface area contributed by atoms with E-state index in [-0.39, 0.29) is 11.7 Å². The lowest BCUT2D eigenvalue weighted by atomic mass is 10.1. The number of ether oxygens (including phenoxy) is 1. The zero-order valence-electron chi connectivity index (χ0n) is 17.4. The van der Waals surface area contributed by atoms with E-state index < -0.39 is 0 Å². The first-order chi connectivity index (χ1) is 15.6. The van der Waals surface area contributed by atoms with E-state index in [1.54, 1.807) is 54.7 Å². The summed E-state index contributed by atoms with van der Waals surface area (Å²) in [6.45, 7) is 2.50. The summed E-state index contributed by atoms with van der Waals surface area (Å²) in [6.07, 6.45) is 1.62. The second-order valence-corrected chi connectivity index (χ2v) is 6.89. The quantitative estimate of drug-likeness (QED) is 0.396. The number of nitrogens with zero attached hydrogens (tertiary/aromatic N) is 2. The van der Waals surface area contributed by atoms with Crippen molar-refractivity contribution in [3.05, 3.63) is 96.4 Å². The lowest BCUT2D eigenvalue weighted by Gasteiger charge is -2.10. The topological polar surface area (TPSA) is 76.1 Å². The maximum atomic E-state index is 13.2. The van der Waals surface area contributed by atoms with Crippen molar-refractivity contribution in [1.29, 1.82) is 0 Å². The average molecular weight is 428 g/mol. The zero-order valence-corrected chi connectivity index (χ0v) is 17.4. The monoisotopic (exact) mass is 428 g/mol. The van der Waals surface area contributed by atoms with Gasteiger partial charge in [-0.05, 0) is 79.7 Å². The van der Waals surface area contributed by atoms with E-state index in [1.807, 2.05) is 25.1 Å². The molecule has 0 fully saturated rings. The zero-order chi connectivity index (χ0) is 22.3. The van der Waals surface area contributed by atoms with E-state index in [9.17, 15) is 9.18 Å². The molecule has 160 valence electrons. The number of hydrogen-bond donors (Lipinski definition) is 2. The Morgan fingerprint density at radius 3 is 2.50 bits per heavy atom. The van der Waals surface area contributed by atoms with Gasteiger partial charge in [-0.3, -0.25) is 4.79 Å². The third kappa shape index (κ3) is 5.26. The Labute approximate surface area is 185 Å². The number of halogens is 1. The Bertz CT molecular complexity index is 1210. The summed E-state index contributed by atoms with van der Waals surface area (Å²) in [6, 6.07) is 22.0. The van der Waals surface area contributed by atoms with Crippen LogP contribution >= 0.6 is 0 Å². The summed E-state index contributed by atoms with van der Waals surface area (Å²) in [5.74, 6) is 1.24. The molecule has 0 aliphatic heterocycles. The molecule has 2 N–H and O–H groups in total. The second kappa shape index (κ2) is 9.70. The van der Waals surface area contributed by atoms with Gasteiger partial charge in [0.25, 0.3) is 5.91 Å². The predicted octanol–water partition coefficient (Wildman–Crippen LogP) is 5.68. The molecule has 7 heteroatoms. The molecule has 0 spiro atoms. The van der Waals surface area contributed by atoms with E-state index >= 15 is 0 Å². The van der Waals surface area contributed by atoms with Crippen LogP contribution in [0, 0.1) is 5.82 Å². The summed E-state index contributed by atoms with van der Waals surface area (Å²) in [5, 5.41) is 6.06. The molecule has 3 aromatic carbocycles. The number of amides is 1. The smallest absolute Gasteiger partial charge is 0.255 e. The highest BCUT2D eigenvalue weighted by atomic mass is 19.1. The van der Waals surface area contributed by atoms with Gasteiger partial charge in [0.15, 0.2) is 5.82 Å². The molecule has 1 amide bonds. The van der Waals surface area contributed by atoms with Crippen molar-refractivity contribution in [2.45, 2.75) is 6.92 Å². The number of carbonyl (C=O) groups is 1. The maximum absolute atomic E-state index is 13.2. The SMILES string of the molecule is CCOc1ccc(NC(=O)c2cccc(Nc3ccnc(-c4ccc(F)cc4)n3)c2)cc1. The molecule has 0 saturated heterocycles. The van der Waals surface area contributed by atoms with E-state index in [4.69, 9.17) is 4.74 Å². The van der Waals surface area contributed by atoms with Crippen LogP contribution in [-0.4, -0.2) is 22.5 Å². The fourth-order valence-corrected chi connectivity index (χ4v) is 3.06. The van der Waals surface area contributed by atoms with Crippen LogP contribution in [0.2, 0.25) is 0 Å². The van der Waals surface area contributed by atoms with Crippen LogP contribution in [0.25, 0.3) is 11.4 Å². The first-order valence-corrected chi connectivity index (χ1v) is 10.1. The first kappa shape index (κ1) is 21.0. The van der Waals surface area contributed by atoms with Crippen LogP contribution in [0.5, 0.6) is 5.75 Å². The van der Waals surface area contributed by atoms with Gasteiger partial charge in [0.2, 0.25) is 0 Å². The van der Waals surface area contributed by atoms with Gasteiger partial charge in [0, 0.05) is 28.7 Å². The largest absolute Gasteiger partial charge is 0.494 e. The van der Waals surface area contributed by atoms with Crippen molar-refractivity contribution >= 4 is 23.1 Å². The Morgan fingerprint density at radius 1 is 0.969 bits per heavy atom. The highest BCUT2D eigenvalue weighted by molar-refractivity contribution is 6.04. The minimum absolute atomic E-state index is 0.229. The van der Waals surface area contributed by atoms with Gasteiger partial charge in [-0.2, -0.15) is 0 Å². The summed E-state index contributed by atoms with van der Waals surface area (Å²) in [4.78, 5) is 21.4. The Morgan fingerprint density at radius 2 is 1.75 bits per heavy atom. The normalized spacial score (nSPS) is 10.4. The average Bonchev–Trinajstić information content (AvgIpc) is 2.81. The van der Waals surface area contributed by atoms with Gasteiger partial charge in [0.05, 0.1) is 6.61 Å². The van der Waals surface area contributed by atoms with E-state index in [1.165, 1.54) is 12.1 Å². The van der Waals surface area contributed by atoms with Crippen molar-refractivity contribution < 1.29 is 13.9 Å². The van der Waals surface area contributed by atoms with Crippen molar-refractivity contribution in [2.75, 3.05) is 17.2 Å². The van der Waals surface area contributed by atoms with Crippen molar-refractivity contribution in [2.24, 2.45) is 0 Å². The second-order valence-electron chi connectivity index (χ2n) is 6.89. The molecule has 0 atom stereocenters. The molecule has 0 bridgehead atoms. The lowest BCUT2D eigenvalue weighted by molar-refractivity contribution is 0.102. The van der Waals surface area contributed by atoms with E-state index in [2.05, 4.69) is 20.6 Å². The van der Waals surface area contributed by atoms with E-state index in [0.29, 0.717) is 40.8 Å². The fourth-order valence-electron chi connectivity index (χ4n) is 3.06.